The summed E-state index contributed by atoms with van der Waals surface area (Å²) in [5, 5.41) is 8.89. The van der Waals surface area contributed by atoms with Gasteiger partial charge in [-0.05, 0) is 29.3 Å². The number of nitrogens with one attached hydrogen (secondary N) is 3. The van der Waals surface area contributed by atoms with Gasteiger partial charge in [-0.2, -0.15) is 0 Å². The molecule has 0 saturated heterocycles. The quantitative estimate of drug-likeness (QED) is 0.543. The molecule has 0 bridgehead atoms. The Kier molecular flexibility index (Phi) is 7.25. The van der Waals surface area contributed by atoms with E-state index in [9.17, 15) is 9.59 Å². The van der Waals surface area contributed by atoms with Gasteiger partial charge in [0.15, 0.2) is 0 Å². The molecule has 1 atom stereocenters. The lowest BCUT2D eigenvalue weighted by Crippen LogP contribution is -2.49. The number of hydrogen-bond donors (Lipinski definition) is 3. The van der Waals surface area contributed by atoms with Crippen LogP contribution in [0.25, 0.3) is 0 Å². The highest BCUT2D eigenvalue weighted by Gasteiger charge is 2.21. The second kappa shape index (κ2) is 10.3. The summed E-state index contributed by atoms with van der Waals surface area (Å²) in [7, 11) is 0. The summed E-state index contributed by atoms with van der Waals surface area (Å²) in [6.45, 7) is 0.391. The summed E-state index contributed by atoms with van der Waals surface area (Å²) < 4.78 is 0. The Balaban J connectivity index is 1.66. The number of urea groups is 1. The first-order chi connectivity index (χ1) is 14.1. The lowest BCUT2D eigenvalue weighted by atomic mass is 10.1. The van der Waals surface area contributed by atoms with Crippen molar-refractivity contribution in [2.24, 2.45) is 0 Å². The minimum absolute atomic E-state index is 0.251. The fraction of sp³-hybridized carbons (Fsp3) is 0.130. The molecule has 0 aromatic heterocycles. The SMILES string of the molecule is O=C(Nc1cccc(Cl)c1)NC(Cc1ccccc1)C(=O)NCc1ccccc1. The molecule has 3 rings (SSSR count). The fourth-order valence-corrected chi connectivity index (χ4v) is 3.05. The number of anilines is 1. The molecule has 3 N–H and O–H groups in total. The van der Waals surface area contributed by atoms with Gasteiger partial charge in [0, 0.05) is 23.7 Å². The molecule has 148 valence electrons. The summed E-state index contributed by atoms with van der Waals surface area (Å²) >= 11 is 5.96. The van der Waals surface area contributed by atoms with Crippen LogP contribution in [0.4, 0.5) is 10.5 Å². The van der Waals surface area contributed by atoms with Crippen molar-refractivity contribution in [2.45, 2.75) is 19.0 Å². The third-order valence-electron chi connectivity index (χ3n) is 4.30. The summed E-state index contributed by atoms with van der Waals surface area (Å²) in [4.78, 5) is 25.2. The Hall–Kier alpha value is -3.31. The zero-order chi connectivity index (χ0) is 20.5. The van der Waals surface area contributed by atoms with Crippen molar-refractivity contribution < 1.29 is 9.59 Å². The molecule has 3 amide bonds. The van der Waals surface area contributed by atoms with Crippen molar-refractivity contribution in [2.75, 3.05) is 5.32 Å². The maximum atomic E-state index is 12.8. The molecular weight excluding hydrogens is 386 g/mol. The normalized spacial score (nSPS) is 11.3. The first kappa shape index (κ1) is 20.4. The lowest BCUT2D eigenvalue weighted by molar-refractivity contribution is -0.123. The van der Waals surface area contributed by atoms with E-state index in [-0.39, 0.29) is 5.91 Å². The van der Waals surface area contributed by atoms with Crippen molar-refractivity contribution in [1.29, 1.82) is 0 Å². The fourth-order valence-electron chi connectivity index (χ4n) is 2.86. The Morgan fingerprint density at radius 1 is 0.828 bits per heavy atom. The number of carbonyl (C=O) groups excluding carboxylic acids is 2. The molecule has 6 heteroatoms. The zero-order valence-electron chi connectivity index (χ0n) is 15.8. The molecule has 0 aliphatic carbocycles. The molecule has 0 fully saturated rings. The van der Waals surface area contributed by atoms with E-state index in [1.54, 1.807) is 24.3 Å². The van der Waals surface area contributed by atoms with Gasteiger partial charge in [0.2, 0.25) is 5.91 Å². The Morgan fingerprint density at radius 2 is 1.48 bits per heavy atom. The predicted molar refractivity (Wildman–Crippen MR) is 116 cm³/mol. The van der Waals surface area contributed by atoms with Crippen LogP contribution in [0.3, 0.4) is 0 Å². The maximum absolute atomic E-state index is 12.8. The topological polar surface area (TPSA) is 70.2 Å². The maximum Gasteiger partial charge on any atom is 0.319 e. The summed E-state index contributed by atoms with van der Waals surface area (Å²) in [5.41, 5.74) is 2.50. The van der Waals surface area contributed by atoms with Crippen LogP contribution in [-0.4, -0.2) is 18.0 Å². The molecule has 0 spiro atoms. The highest BCUT2D eigenvalue weighted by Crippen LogP contribution is 2.15. The third-order valence-corrected chi connectivity index (χ3v) is 4.53. The highest BCUT2D eigenvalue weighted by atomic mass is 35.5. The first-order valence-corrected chi connectivity index (χ1v) is 9.66. The second-order valence-electron chi connectivity index (χ2n) is 6.55. The van der Waals surface area contributed by atoms with Crippen LogP contribution < -0.4 is 16.0 Å². The Bertz CT molecular complexity index is 949. The number of benzene rings is 3. The Labute approximate surface area is 175 Å². The summed E-state index contributed by atoms with van der Waals surface area (Å²) in [6.07, 6.45) is 0.379. The number of halogens is 1. The summed E-state index contributed by atoms with van der Waals surface area (Å²) in [6, 6.07) is 24.8. The van der Waals surface area contributed by atoms with Crippen LogP contribution in [0, 0.1) is 0 Å². The van der Waals surface area contributed by atoms with Gasteiger partial charge in [-0.25, -0.2) is 4.79 Å². The van der Waals surface area contributed by atoms with E-state index in [0.717, 1.165) is 11.1 Å². The molecule has 1 unspecified atom stereocenters. The number of carbonyl (C=O) groups is 2. The number of rotatable bonds is 7. The monoisotopic (exact) mass is 407 g/mol. The van der Waals surface area contributed by atoms with Gasteiger partial charge in [0.1, 0.15) is 6.04 Å². The van der Waals surface area contributed by atoms with Crippen molar-refractivity contribution in [1.82, 2.24) is 10.6 Å². The minimum atomic E-state index is -0.722. The van der Waals surface area contributed by atoms with Crippen LogP contribution in [0.1, 0.15) is 11.1 Å². The first-order valence-electron chi connectivity index (χ1n) is 9.29. The smallest absolute Gasteiger partial charge is 0.319 e. The molecule has 0 saturated carbocycles. The van der Waals surface area contributed by atoms with Crippen LogP contribution in [0.5, 0.6) is 0 Å². The van der Waals surface area contributed by atoms with Crippen LogP contribution in [-0.2, 0) is 17.8 Å². The van der Waals surface area contributed by atoms with E-state index < -0.39 is 12.1 Å². The van der Waals surface area contributed by atoms with E-state index in [1.807, 2.05) is 60.7 Å². The van der Waals surface area contributed by atoms with Crippen LogP contribution in [0.2, 0.25) is 5.02 Å². The standard InChI is InChI=1S/C23H22ClN3O2/c24-19-12-7-13-20(15-19)26-23(29)27-21(14-17-8-3-1-4-9-17)22(28)25-16-18-10-5-2-6-11-18/h1-13,15,21H,14,16H2,(H,25,28)(H2,26,27,29). The minimum Gasteiger partial charge on any atom is -0.350 e. The molecule has 0 radical (unpaired) electrons. The molecule has 3 aromatic rings. The lowest BCUT2D eigenvalue weighted by Gasteiger charge is -2.19. The largest absolute Gasteiger partial charge is 0.350 e. The van der Waals surface area contributed by atoms with Gasteiger partial charge in [0.25, 0.3) is 0 Å². The third kappa shape index (κ3) is 6.66. The highest BCUT2D eigenvalue weighted by molar-refractivity contribution is 6.30. The number of hydrogen-bond acceptors (Lipinski definition) is 2. The molecule has 0 aliphatic heterocycles. The van der Waals surface area contributed by atoms with E-state index in [1.165, 1.54) is 0 Å². The molecule has 0 aliphatic rings. The molecule has 5 nitrogen and oxygen atoms in total. The summed E-state index contributed by atoms with van der Waals surface area (Å²) in [5.74, 6) is -0.251. The second-order valence-corrected chi connectivity index (χ2v) is 6.99. The van der Waals surface area contributed by atoms with E-state index >= 15 is 0 Å². The molecular formula is C23H22ClN3O2. The van der Waals surface area contributed by atoms with Crippen molar-refractivity contribution >= 4 is 29.2 Å². The zero-order valence-corrected chi connectivity index (χ0v) is 16.5. The van der Waals surface area contributed by atoms with Crippen LogP contribution in [0.15, 0.2) is 84.9 Å². The van der Waals surface area contributed by atoms with E-state index in [4.69, 9.17) is 11.6 Å². The average molecular weight is 408 g/mol. The predicted octanol–water partition coefficient (Wildman–Crippen LogP) is 4.39. The van der Waals surface area contributed by atoms with Crippen molar-refractivity contribution in [3.8, 4) is 0 Å². The number of amides is 3. The van der Waals surface area contributed by atoms with Crippen LogP contribution >= 0.6 is 11.6 Å². The van der Waals surface area contributed by atoms with Gasteiger partial charge in [-0.15, -0.1) is 0 Å². The van der Waals surface area contributed by atoms with Crippen molar-refractivity contribution in [3.63, 3.8) is 0 Å². The molecule has 0 heterocycles. The van der Waals surface area contributed by atoms with Crippen molar-refractivity contribution in [3.05, 3.63) is 101 Å². The molecule has 29 heavy (non-hydrogen) atoms. The van der Waals surface area contributed by atoms with E-state index in [0.29, 0.717) is 23.7 Å². The van der Waals surface area contributed by atoms with Gasteiger partial charge in [-0.1, -0.05) is 78.3 Å². The van der Waals surface area contributed by atoms with Gasteiger partial charge in [0.05, 0.1) is 0 Å². The molecule has 3 aromatic carbocycles. The van der Waals surface area contributed by atoms with Gasteiger partial charge >= 0.3 is 6.03 Å². The van der Waals surface area contributed by atoms with Gasteiger partial charge in [-0.3, -0.25) is 4.79 Å². The van der Waals surface area contributed by atoms with E-state index in [2.05, 4.69) is 16.0 Å². The Morgan fingerprint density at radius 3 is 2.14 bits per heavy atom. The average Bonchev–Trinajstić information content (AvgIpc) is 2.73. The van der Waals surface area contributed by atoms with Gasteiger partial charge < -0.3 is 16.0 Å².